The third-order valence-electron chi connectivity index (χ3n) is 4.80. The molecule has 1 aromatic heterocycles. The molecule has 1 fully saturated rings. The molecule has 1 aromatic carbocycles. The second kappa shape index (κ2) is 8.04. The molecule has 0 spiro atoms. The Morgan fingerprint density at radius 3 is 2.44 bits per heavy atom. The topological polar surface area (TPSA) is 80.8 Å². The fraction of sp³-hybridized carbons (Fsp3) is 0.421. The number of nitrogens with zero attached hydrogens (tertiary/aromatic N) is 2. The highest BCUT2D eigenvalue weighted by molar-refractivity contribution is 7.92. The van der Waals surface area contributed by atoms with Crippen LogP contribution in [0, 0.1) is 5.92 Å². The standard InChI is InChI=1S/C19H25N3O4S/c1-14-8-10-22(11-9-14)15-4-7-19(20-13-15)21-27(23,24)18-6-5-16(25-2)12-17(18)26-3/h4-7,12-14H,8-11H2,1-3H3,(H,20,21). The van der Waals surface area contributed by atoms with Crippen molar-refractivity contribution in [1.82, 2.24) is 4.98 Å². The maximum absolute atomic E-state index is 12.7. The average Bonchev–Trinajstić information content (AvgIpc) is 2.68. The second-order valence-corrected chi connectivity index (χ2v) is 8.34. The van der Waals surface area contributed by atoms with Crippen molar-refractivity contribution in [2.45, 2.75) is 24.7 Å². The Morgan fingerprint density at radius 2 is 1.85 bits per heavy atom. The minimum atomic E-state index is -3.83. The minimum Gasteiger partial charge on any atom is -0.497 e. The largest absolute Gasteiger partial charge is 0.497 e. The zero-order valence-electron chi connectivity index (χ0n) is 15.8. The van der Waals surface area contributed by atoms with Gasteiger partial charge in [-0.05, 0) is 43.0 Å². The SMILES string of the molecule is COc1ccc(S(=O)(=O)Nc2ccc(N3CCC(C)CC3)cn2)c(OC)c1. The van der Waals surface area contributed by atoms with E-state index in [1.807, 2.05) is 6.07 Å². The Bertz CT molecular complexity index is 876. The highest BCUT2D eigenvalue weighted by Crippen LogP contribution is 2.30. The van der Waals surface area contributed by atoms with E-state index in [-0.39, 0.29) is 16.5 Å². The van der Waals surface area contributed by atoms with Gasteiger partial charge in [-0.2, -0.15) is 0 Å². The summed E-state index contributed by atoms with van der Waals surface area (Å²) in [4.78, 5) is 6.58. The summed E-state index contributed by atoms with van der Waals surface area (Å²) < 4.78 is 38.2. The molecule has 2 heterocycles. The van der Waals surface area contributed by atoms with Crippen LogP contribution in [-0.4, -0.2) is 40.7 Å². The highest BCUT2D eigenvalue weighted by Gasteiger charge is 2.21. The first-order valence-electron chi connectivity index (χ1n) is 8.89. The van der Waals surface area contributed by atoms with Crippen molar-refractivity contribution < 1.29 is 17.9 Å². The van der Waals surface area contributed by atoms with Crippen molar-refractivity contribution in [3.63, 3.8) is 0 Å². The number of piperidine rings is 1. The maximum Gasteiger partial charge on any atom is 0.266 e. The molecule has 1 aliphatic rings. The van der Waals surface area contributed by atoms with Gasteiger partial charge in [0.1, 0.15) is 22.2 Å². The van der Waals surface area contributed by atoms with Crippen molar-refractivity contribution in [3.8, 4) is 11.5 Å². The molecule has 1 aliphatic heterocycles. The lowest BCUT2D eigenvalue weighted by Crippen LogP contribution is -2.32. The number of pyridine rings is 1. The molecule has 0 radical (unpaired) electrons. The quantitative estimate of drug-likeness (QED) is 0.815. The van der Waals surface area contributed by atoms with Crippen LogP contribution < -0.4 is 19.1 Å². The van der Waals surface area contributed by atoms with Crippen LogP contribution in [-0.2, 0) is 10.0 Å². The summed E-state index contributed by atoms with van der Waals surface area (Å²) in [5.41, 5.74) is 1.01. The van der Waals surface area contributed by atoms with Gasteiger partial charge in [0, 0.05) is 19.2 Å². The molecule has 146 valence electrons. The van der Waals surface area contributed by atoms with Crippen molar-refractivity contribution >= 4 is 21.5 Å². The van der Waals surface area contributed by atoms with E-state index in [1.165, 1.54) is 26.4 Å². The van der Waals surface area contributed by atoms with Crippen LogP contribution in [0.15, 0.2) is 41.4 Å². The van der Waals surface area contributed by atoms with Crippen LogP contribution in [0.4, 0.5) is 11.5 Å². The van der Waals surface area contributed by atoms with Crippen molar-refractivity contribution in [2.24, 2.45) is 5.92 Å². The fourth-order valence-corrected chi connectivity index (χ4v) is 4.25. The fourth-order valence-electron chi connectivity index (χ4n) is 3.09. The van der Waals surface area contributed by atoms with Crippen LogP contribution in [0.3, 0.4) is 0 Å². The molecule has 7 nitrogen and oxygen atoms in total. The Kier molecular flexibility index (Phi) is 5.74. The van der Waals surface area contributed by atoms with Gasteiger partial charge < -0.3 is 14.4 Å². The molecule has 0 saturated carbocycles. The molecule has 27 heavy (non-hydrogen) atoms. The first-order chi connectivity index (χ1) is 12.9. The third-order valence-corrected chi connectivity index (χ3v) is 6.19. The van der Waals surface area contributed by atoms with Crippen LogP contribution >= 0.6 is 0 Å². The van der Waals surface area contributed by atoms with Gasteiger partial charge in [0.05, 0.1) is 26.1 Å². The predicted molar refractivity (Wildman–Crippen MR) is 105 cm³/mol. The Balaban J connectivity index is 1.76. The van der Waals surface area contributed by atoms with Crippen molar-refractivity contribution in [1.29, 1.82) is 0 Å². The summed E-state index contributed by atoms with van der Waals surface area (Å²) in [5, 5.41) is 0. The molecule has 0 atom stereocenters. The van der Waals surface area contributed by atoms with E-state index in [9.17, 15) is 8.42 Å². The van der Waals surface area contributed by atoms with Gasteiger partial charge in [0.2, 0.25) is 0 Å². The number of hydrogen-bond acceptors (Lipinski definition) is 6. The van der Waals surface area contributed by atoms with Crippen LogP contribution in [0.5, 0.6) is 11.5 Å². The molecule has 0 aliphatic carbocycles. The number of hydrogen-bond donors (Lipinski definition) is 1. The van der Waals surface area contributed by atoms with Gasteiger partial charge in [-0.15, -0.1) is 0 Å². The smallest absolute Gasteiger partial charge is 0.266 e. The van der Waals surface area contributed by atoms with Gasteiger partial charge in [0.25, 0.3) is 10.0 Å². The summed E-state index contributed by atoms with van der Waals surface area (Å²) in [6.45, 7) is 4.26. The van der Waals surface area contributed by atoms with E-state index < -0.39 is 10.0 Å². The molecule has 2 aromatic rings. The summed E-state index contributed by atoms with van der Waals surface area (Å²) in [6, 6.07) is 8.13. The Morgan fingerprint density at radius 1 is 1.11 bits per heavy atom. The van der Waals surface area contributed by atoms with Gasteiger partial charge in [-0.25, -0.2) is 13.4 Å². The van der Waals surface area contributed by atoms with Gasteiger partial charge >= 0.3 is 0 Å². The lowest BCUT2D eigenvalue weighted by molar-refractivity contribution is 0.386. The van der Waals surface area contributed by atoms with Gasteiger partial charge in [-0.1, -0.05) is 6.92 Å². The Labute approximate surface area is 160 Å². The first kappa shape index (κ1) is 19.3. The highest BCUT2D eigenvalue weighted by atomic mass is 32.2. The number of benzene rings is 1. The number of anilines is 2. The monoisotopic (exact) mass is 391 g/mol. The average molecular weight is 391 g/mol. The predicted octanol–water partition coefficient (Wildman–Crippen LogP) is 3.14. The number of rotatable bonds is 6. The van der Waals surface area contributed by atoms with Crippen LogP contribution in [0.2, 0.25) is 0 Å². The molecular formula is C19H25N3O4S. The van der Waals surface area contributed by atoms with E-state index >= 15 is 0 Å². The zero-order chi connectivity index (χ0) is 19.4. The molecular weight excluding hydrogens is 366 g/mol. The van der Waals surface area contributed by atoms with Crippen LogP contribution in [0.1, 0.15) is 19.8 Å². The lowest BCUT2D eigenvalue weighted by atomic mass is 9.99. The summed E-state index contributed by atoms with van der Waals surface area (Å²) in [7, 11) is -0.906. The molecule has 3 rings (SSSR count). The summed E-state index contributed by atoms with van der Waals surface area (Å²) in [5.74, 6) is 1.74. The van der Waals surface area contributed by atoms with E-state index in [2.05, 4.69) is 21.5 Å². The first-order valence-corrected chi connectivity index (χ1v) is 10.4. The lowest BCUT2D eigenvalue weighted by Gasteiger charge is -2.31. The Hall–Kier alpha value is -2.48. The number of sulfonamides is 1. The van der Waals surface area contributed by atoms with Crippen LogP contribution in [0.25, 0.3) is 0 Å². The molecule has 0 unspecified atom stereocenters. The number of nitrogens with one attached hydrogen (secondary N) is 1. The maximum atomic E-state index is 12.7. The summed E-state index contributed by atoms with van der Waals surface area (Å²) in [6.07, 6.45) is 4.02. The van der Waals surface area contributed by atoms with Crippen molar-refractivity contribution in [2.75, 3.05) is 36.9 Å². The van der Waals surface area contributed by atoms with Gasteiger partial charge in [0.15, 0.2) is 0 Å². The molecule has 1 saturated heterocycles. The van der Waals surface area contributed by atoms with E-state index in [4.69, 9.17) is 9.47 Å². The van der Waals surface area contributed by atoms with Crippen molar-refractivity contribution in [3.05, 3.63) is 36.5 Å². The number of aromatic nitrogens is 1. The number of ether oxygens (including phenoxy) is 2. The van der Waals surface area contributed by atoms with E-state index in [0.717, 1.165) is 37.5 Å². The normalized spacial score (nSPS) is 15.4. The van der Waals surface area contributed by atoms with Gasteiger partial charge in [-0.3, -0.25) is 4.72 Å². The number of methoxy groups -OCH3 is 2. The van der Waals surface area contributed by atoms with E-state index in [0.29, 0.717) is 5.75 Å². The zero-order valence-corrected chi connectivity index (χ0v) is 16.6. The molecule has 1 N–H and O–H groups in total. The molecule has 8 heteroatoms. The molecule has 0 amide bonds. The third kappa shape index (κ3) is 4.44. The molecule has 0 bridgehead atoms. The summed E-state index contributed by atoms with van der Waals surface area (Å²) >= 11 is 0. The van der Waals surface area contributed by atoms with E-state index in [1.54, 1.807) is 18.3 Å². The second-order valence-electron chi connectivity index (χ2n) is 6.69. The minimum absolute atomic E-state index is 0.0293.